The minimum Gasteiger partial charge on any atom is -0.481 e. The van der Waals surface area contributed by atoms with Crippen LogP contribution < -0.4 is 16.4 Å². The second-order valence-electron chi connectivity index (χ2n) is 7.04. The van der Waals surface area contributed by atoms with Gasteiger partial charge in [0.1, 0.15) is 18.1 Å². The van der Waals surface area contributed by atoms with Gasteiger partial charge in [-0.1, -0.05) is 0 Å². The third-order valence-electron chi connectivity index (χ3n) is 4.55. The van der Waals surface area contributed by atoms with Gasteiger partial charge in [0.2, 0.25) is 17.7 Å². The number of nitrogens with one attached hydrogen (secondary N) is 2. The number of aliphatic hydroxyl groups is 1. The predicted octanol–water partition coefficient (Wildman–Crippen LogP) is -2.38. The molecule has 1 aliphatic heterocycles. The van der Waals surface area contributed by atoms with E-state index in [1.165, 1.54) is 18.7 Å². The average Bonchev–Trinajstić information content (AvgIpc) is 3.10. The first-order chi connectivity index (χ1) is 13.5. The van der Waals surface area contributed by atoms with Crippen LogP contribution in [0.15, 0.2) is 0 Å². The Bertz CT molecular complexity index is 651. The van der Waals surface area contributed by atoms with E-state index in [0.29, 0.717) is 19.4 Å². The number of aliphatic hydroxyl groups excluding tert-OH is 1. The van der Waals surface area contributed by atoms with E-state index in [0.717, 1.165) is 0 Å². The molecule has 1 heterocycles. The Hall–Kier alpha value is -2.73. The predicted molar refractivity (Wildman–Crippen MR) is 98.4 cm³/mol. The molecule has 0 aromatic carbocycles. The molecule has 0 aromatic heterocycles. The first-order valence-corrected chi connectivity index (χ1v) is 9.25. The Morgan fingerprint density at radius 1 is 1.14 bits per heavy atom. The number of nitrogens with zero attached hydrogens (tertiary/aromatic N) is 1. The van der Waals surface area contributed by atoms with E-state index in [4.69, 9.17) is 15.9 Å². The van der Waals surface area contributed by atoms with Crippen LogP contribution in [0.1, 0.15) is 39.5 Å². The molecule has 1 saturated heterocycles. The first kappa shape index (κ1) is 24.3. The summed E-state index contributed by atoms with van der Waals surface area (Å²) in [5.74, 6) is -4.74. The molecule has 1 fully saturated rings. The molecule has 0 saturated carbocycles. The van der Waals surface area contributed by atoms with E-state index in [-0.39, 0.29) is 6.42 Å². The van der Waals surface area contributed by atoms with Crippen LogP contribution in [-0.4, -0.2) is 86.7 Å². The molecule has 5 unspecified atom stereocenters. The van der Waals surface area contributed by atoms with Crippen LogP contribution in [-0.2, 0) is 24.0 Å². The zero-order chi connectivity index (χ0) is 22.3. The SMILES string of the molecule is CC(N)C(=O)N1CCCC1C(=O)NC(C(=O)NC(CCC(=O)O)C(=O)O)C(C)O. The molecule has 29 heavy (non-hydrogen) atoms. The zero-order valence-corrected chi connectivity index (χ0v) is 16.3. The van der Waals surface area contributed by atoms with Gasteiger partial charge < -0.3 is 36.6 Å². The number of carbonyl (C=O) groups excluding carboxylic acids is 3. The molecule has 3 amide bonds. The van der Waals surface area contributed by atoms with Gasteiger partial charge in [-0.3, -0.25) is 19.2 Å². The van der Waals surface area contributed by atoms with Crippen molar-refractivity contribution in [2.24, 2.45) is 5.73 Å². The molecule has 0 bridgehead atoms. The summed E-state index contributed by atoms with van der Waals surface area (Å²) in [6, 6.07) is -4.64. The third-order valence-corrected chi connectivity index (χ3v) is 4.55. The lowest BCUT2D eigenvalue weighted by atomic mass is 10.1. The number of rotatable bonds is 10. The third kappa shape index (κ3) is 6.98. The number of hydrogen-bond donors (Lipinski definition) is 6. The minimum absolute atomic E-state index is 0.334. The van der Waals surface area contributed by atoms with Crippen LogP contribution in [0.4, 0.5) is 0 Å². The molecule has 164 valence electrons. The Morgan fingerprint density at radius 2 is 1.76 bits per heavy atom. The Kier molecular flexibility index (Phi) is 8.98. The van der Waals surface area contributed by atoms with Gasteiger partial charge in [-0.25, -0.2) is 4.79 Å². The summed E-state index contributed by atoms with van der Waals surface area (Å²) in [7, 11) is 0. The smallest absolute Gasteiger partial charge is 0.326 e. The van der Waals surface area contributed by atoms with Crippen LogP contribution in [0.2, 0.25) is 0 Å². The molecule has 0 radical (unpaired) electrons. The molecule has 12 nitrogen and oxygen atoms in total. The number of carboxylic acid groups (broad SMARTS) is 2. The highest BCUT2D eigenvalue weighted by Crippen LogP contribution is 2.18. The van der Waals surface area contributed by atoms with E-state index in [1.54, 1.807) is 0 Å². The van der Waals surface area contributed by atoms with E-state index < -0.39 is 66.4 Å². The number of likely N-dealkylation sites (tertiary alicyclic amines) is 1. The molecule has 5 atom stereocenters. The van der Waals surface area contributed by atoms with Gasteiger partial charge in [-0.15, -0.1) is 0 Å². The van der Waals surface area contributed by atoms with Gasteiger partial charge >= 0.3 is 11.9 Å². The number of hydrogen-bond acceptors (Lipinski definition) is 7. The number of nitrogens with two attached hydrogens (primary N) is 1. The molecule has 1 rings (SSSR count). The molecule has 7 N–H and O–H groups in total. The molecule has 0 aliphatic carbocycles. The summed E-state index contributed by atoms with van der Waals surface area (Å²) in [4.78, 5) is 60.4. The fourth-order valence-corrected chi connectivity index (χ4v) is 3.01. The van der Waals surface area contributed by atoms with Crippen LogP contribution in [0.5, 0.6) is 0 Å². The second kappa shape index (κ2) is 10.7. The van der Waals surface area contributed by atoms with Crippen molar-refractivity contribution in [2.75, 3.05) is 6.54 Å². The van der Waals surface area contributed by atoms with Crippen molar-refractivity contribution in [3.63, 3.8) is 0 Å². The lowest BCUT2D eigenvalue weighted by Gasteiger charge is -2.28. The van der Waals surface area contributed by atoms with E-state index >= 15 is 0 Å². The maximum Gasteiger partial charge on any atom is 0.326 e. The second-order valence-corrected chi connectivity index (χ2v) is 7.04. The molecular formula is C17H28N4O8. The summed E-state index contributed by atoms with van der Waals surface area (Å²) in [6.07, 6.45) is -1.30. The largest absolute Gasteiger partial charge is 0.481 e. The maximum atomic E-state index is 12.6. The highest BCUT2D eigenvalue weighted by molar-refractivity contribution is 5.94. The monoisotopic (exact) mass is 416 g/mol. The van der Waals surface area contributed by atoms with E-state index in [9.17, 15) is 29.1 Å². The Balaban J connectivity index is 2.84. The zero-order valence-electron chi connectivity index (χ0n) is 16.3. The molecular weight excluding hydrogens is 388 g/mol. The van der Waals surface area contributed by atoms with Crippen molar-refractivity contribution in [1.82, 2.24) is 15.5 Å². The first-order valence-electron chi connectivity index (χ1n) is 9.25. The van der Waals surface area contributed by atoms with Crippen molar-refractivity contribution < 1.29 is 39.3 Å². The summed E-state index contributed by atoms with van der Waals surface area (Å²) in [6.45, 7) is 3.06. The number of amides is 3. The summed E-state index contributed by atoms with van der Waals surface area (Å²) < 4.78 is 0. The lowest BCUT2D eigenvalue weighted by molar-refractivity contribution is -0.144. The Morgan fingerprint density at radius 3 is 2.24 bits per heavy atom. The van der Waals surface area contributed by atoms with E-state index in [2.05, 4.69) is 10.6 Å². The van der Waals surface area contributed by atoms with Gasteiger partial charge in [0.15, 0.2) is 0 Å². The highest BCUT2D eigenvalue weighted by atomic mass is 16.4. The van der Waals surface area contributed by atoms with Crippen LogP contribution >= 0.6 is 0 Å². The van der Waals surface area contributed by atoms with Gasteiger partial charge in [-0.2, -0.15) is 0 Å². The molecule has 0 aromatic rings. The van der Waals surface area contributed by atoms with Crippen LogP contribution in [0, 0.1) is 0 Å². The quantitative estimate of drug-likeness (QED) is 0.225. The number of carbonyl (C=O) groups is 5. The van der Waals surface area contributed by atoms with Crippen molar-refractivity contribution in [3.05, 3.63) is 0 Å². The highest BCUT2D eigenvalue weighted by Gasteiger charge is 2.38. The van der Waals surface area contributed by atoms with Crippen molar-refractivity contribution in [3.8, 4) is 0 Å². The lowest BCUT2D eigenvalue weighted by Crippen LogP contribution is -2.59. The van der Waals surface area contributed by atoms with Gasteiger partial charge in [0, 0.05) is 13.0 Å². The molecule has 1 aliphatic rings. The molecule has 0 spiro atoms. The molecule has 12 heteroatoms. The Labute approximate surface area is 167 Å². The minimum atomic E-state index is -1.50. The van der Waals surface area contributed by atoms with Crippen LogP contribution in [0.3, 0.4) is 0 Å². The average molecular weight is 416 g/mol. The topological polar surface area (TPSA) is 199 Å². The number of carboxylic acids is 2. The standard InChI is InChI=1S/C17H28N4O8/c1-8(18)16(27)21-7-3-4-11(21)14(25)20-13(9(2)22)15(26)19-10(17(28)29)5-6-12(23)24/h8-11,13,22H,3-7,18H2,1-2H3,(H,19,26)(H,20,25)(H,23,24)(H,28,29). The summed E-state index contributed by atoms with van der Waals surface area (Å²) in [5, 5.41) is 32.2. The summed E-state index contributed by atoms with van der Waals surface area (Å²) >= 11 is 0. The van der Waals surface area contributed by atoms with Crippen molar-refractivity contribution >= 4 is 29.7 Å². The fraction of sp³-hybridized carbons (Fsp3) is 0.706. The van der Waals surface area contributed by atoms with Gasteiger partial charge in [0.05, 0.1) is 12.1 Å². The normalized spacial score (nSPS) is 20.3. The summed E-state index contributed by atoms with van der Waals surface area (Å²) in [5.41, 5.74) is 5.58. The fourth-order valence-electron chi connectivity index (χ4n) is 3.01. The van der Waals surface area contributed by atoms with Crippen molar-refractivity contribution in [1.29, 1.82) is 0 Å². The van der Waals surface area contributed by atoms with Gasteiger partial charge in [0.25, 0.3) is 0 Å². The van der Waals surface area contributed by atoms with Gasteiger partial charge in [-0.05, 0) is 33.1 Å². The number of aliphatic carboxylic acids is 2. The van der Waals surface area contributed by atoms with Crippen molar-refractivity contribution in [2.45, 2.75) is 69.8 Å². The van der Waals surface area contributed by atoms with E-state index in [1.807, 2.05) is 0 Å². The maximum absolute atomic E-state index is 12.6. The van der Waals surface area contributed by atoms with Crippen LogP contribution in [0.25, 0.3) is 0 Å².